The van der Waals surface area contributed by atoms with Gasteiger partial charge in [0, 0.05) is 0 Å². The summed E-state index contributed by atoms with van der Waals surface area (Å²) in [4.78, 5) is 0. The van der Waals surface area contributed by atoms with Crippen molar-refractivity contribution in [1.82, 2.24) is 0 Å². The first kappa shape index (κ1) is 22.3. The molecule has 0 radical (unpaired) electrons. The Labute approximate surface area is 169 Å². The highest BCUT2D eigenvalue weighted by Gasteiger charge is 2.14. The van der Waals surface area contributed by atoms with Crippen LogP contribution in [-0.2, 0) is 0 Å². The Kier molecular flexibility index (Phi) is 12.3. The molecule has 0 aromatic rings. The number of allylic oxidation sites excluding steroid dienone is 8. The van der Waals surface area contributed by atoms with Gasteiger partial charge in [0.1, 0.15) is 0 Å². The summed E-state index contributed by atoms with van der Waals surface area (Å²) in [6.45, 7) is 2.30. The first-order chi connectivity index (χ1) is 13.4. The van der Waals surface area contributed by atoms with Crippen molar-refractivity contribution in [3.05, 3.63) is 47.1 Å². The number of rotatable bonds is 17. The molecule has 0 N–H and O–H groups in total. The summed E-state index contributed by atoms with van der Waals surface area (Å²) in [6, 6.07) is 0. The van der Waals surface area contributed by atoms with Crippen molar-refractivity contribution < 1.29 is 0 Å². The van der Waals surface area contributed by atoms with Gasteiger partial charge in [-0.2, -0.15) is 0 Å². The van der Waals surface area contributed by atoms with Crippen molar-refractivity contribution in [2.75, 3.05) is 0 Å². The second-order valence-electron chi connectivity index (χ2n) is 8.62. The van der Waals surface area contributed by atoms with E-state index in [2.05, 4.69) is 37.3 Å². The summed E-state index contributed by atoms with van der Waals surface area (Å²) >= 11 is 0. The zero-order valence-electron chi connectivity index (χ0n) is 18.1. The van der Waals surface area contributed by atoms with Crippen molar-refractivity contribution in [1.29, 1.82) is 0 Å². The van der Waals surface area contributed by atoms with Crippen LogP contribution in [0.15, 0.2) is 47.1 Å². The van der Waals surface area contributed by atoms with E-state index < -0.39 is 0 Å². The SMILES string of the molecule is CCCCCCCCCCCCCCCCCCC1=CC=C2C=CCC=C21. The average Bonchev–Trinajstić information content (AvgIpc) is 3.11. The first-order valence-electron chi connectivity index (χ1n) is 12.2. The topological polar surface area (TPSA) is 0 Å². The van der Waals surface area contributed by atoms with Crippen LogP contribution in [0.4, 0.5) is 0 Å². The molecule has 0 unspecified atom stereocenters. The Morgan fingerprint density at radius 1 is 0.630 bits per heavy atom. The normalized spacial score (nSPS) is 15.5. The zero-order valence-corrected chi connectivity index (χ0v) is 18.1. The van der Waals surface area contributed by atoms with Crippen LogP contribution in [-0.4, -0.2) is 0 Å². The zero-order chi connectivity index (χ0) is 19.0. The van der Waals surface area contributed by atoms with Crippen LogP contribution in [0.3, 0.4) is 0 Å². The lowest BCUT2D eigenvalue weighted by Gasteiger charge is -2.11. The molecule has 0 saturated carbocycles. The molecule has 0 bridgehead atoms. The fourth-order valence-corrected chi connectivity index (χ4v) is 4.41. The molecule has 0 fully saturated rings. The summed E-state index contributed by atoms with van der Waals surface area (Å²) in [5.41, 5.74) is 4.55. The van der Waals surface area contributed by atoms with Gasteiger partial charge in [-0.05, 0) is 36.0 Å². The van der Waals surface area contributed by atoms with Crippen LogP contribution in [0.25, 0.3) is 0 Å². The fraction of sp³-hybridized carbons (Fsp3) is 0.704. The second-order valence-corrected chi connectivity index (χ2v) is 8.62. The van der Waals surface area contributed by atoms with Gasteiger partial charge in [-0.1, -0.05) is 134 Å². The van der Waals surface area contributed by atoms with Gasteiger partial charge in [0.2, 0.25) is 0 Å². The van der Waals surface area contributed by atoms with Crippen LogP contribution in [0, 0.1) is 0 Å². The quantitative estimate of drug-likeness (QED) is 0.224. The summed E-state index contributed by atoms with van der Waals surface area (Å²) in [6.07, 6.45) is 37.2. The third-order valence-corrected chi connectivity index (χ3v) is 6.18. The highest BCUT2D eigenvalue weighted by molar-refractivity contribution is 5.60. The largest absolute Gasteiger partial charge is 0.0801 e. The standard InChI is InChI=1S/C27H44/c1-2-3-4-5-6-7-8-9-10-11-12-13-14-15-16-17-20-25-23-24-26-21-18-19-22-27(25)26/h18,21-24H,2-17,19-20H2,1H3. The molecule has 0 saturated heterocycles. The molecule has 0 heterocycles. The molecule has 0 aromatic heterocycles. The summed E-state index contributed by atoms with van der Waals surface area (Å²) in [5.74, 6) is 0. The maximum Gasteiger partial charge on any atom is -0.0157 e. The smallest absolute Gasteiger partial charge is 0.0157 e. The van der Waals surface area contributed by atoms with Gasteiger partial charge < -0.3 is 0 Å². The van der Waals surface area contributed by atoms with Crippen molar-refractivity contribution in [2.24, 2.45) is 0 Å². The van der Waals surface area contributed by atoms with Gasteiger partial charge >= 0.3 is 0 Å². The molecule has 0 aromatic carbocycles. The number of unbranched alkanes of at least 4 members (excludes halogenated alkanes) is 15. The lowest BCUT2D eigenvalue weighted by molar-refractivity contribution is 0.529. The molecule has 2 aliphatic carbocycles. The van der Waals surface area contributed by atoms with Crippen molar-refractivity contribution in [2.45, 2.75) is 122 Å². The van der Waals surface area contributed by atoms with Crippen molar-refractivity contribution in [3.8, 4) is 0 Å². The lowest BCUT2D eigenvalue weighted by Crippen LogP contribution is -1.92. The molecule has 0 amide bonds. The van der Waals surface area contributed by atoms with E-state index in [1.165, 1.54) is 120 Å². The Morgan fingerprint density at radius 3 is 1.70 bits per heavy atom. The predicted molar refractivity (Wildman–Crippen MR) is 122 cm³/mol. The summed E-state index contributed by atoms with van der Waals surface area (Å²) in [7, 11) is 0. The van der Waals surface area contributed by atoms with Gasteiger partial charge in [-0.25, -0.2) is 0 Å². The van der Waals surface area contributed by atoms with E-state index in [1.807, 2.05) is 0 Å². The molecule has 152 valence electrons. The van der Waals surface area contributed by atoms with Crippen LogP contribution in [0.2, 0.25) is 0 Å². The Hall–Kier alpha value is -1.04. The summed E-state index contributed by atoms with van der Waals surface area (Å²) in [5, 5.41) is 0. The van der Waals surface area contributed by atoms with E-state index in [4.69, 9.17) is 0 Å². The Morgan fingerprint density at radius 2 is 1.15 bits per heavy atom. The monoisotopic (exact) mass is 368 g/mol. The van der Waals surface area contributed by atoms with Crippen LogP contribution >= 0.6 is 0 Å². The van der Waals surface area contributed by atoms with Gasteiger partial charge in [-0.3, -0.25) is 0 Å². The number of fused-ring (bicyclic) bond motifs is 1. The van der Waals surface area contributed by atoms with Gasteiger partial charge in [-0.15, -0.1) is 0 Å². The third-order valence-electron chi connectivity index (χ3n) is 6.18. The molecule has 2 aliphatic rings. The minimum Gasteiger partial charge on any atom is -0.0801 e. The van der Waals surface area contributed by atoms with Gasteiger partial charge in [0.25, 0.3) is 0 Å². The van der Waals surface area contributed by atoms with Crippen molar-refractivity contribution >= 4 is 0 Å². The Balaban J connectivity index is 1.30. The predicted octanol–water partition coefficient (Wildman–Crippen LogP) is 9.39. The molecule has 0 nitrogen and oxygen atoms in total. The third kappa shape index (κ3) is 9.63. The van der Waals surface area contributed by atoms with E-state index in [1.54, 1.807) is 5.57 Å². The molecule has 0 atom stereocenters. The van der Waals surface area contributed by atoms with Crippen LogP contribution in [0.1, 0.15) is 122 Å². The van der Waals surface area contributed by atoms with Crippen LogP contribution in [0.5, 0.6) is 0 Å². The second kappa shape index (κ2) is 14.9. The maximum atomic E-state index is 2.40. The van der Waals surface area contributed by atoms with E-state index in [0.29, 0.717) is 0 Å². The lowest BCUT2D eigenvalue weighted by atomic mass is 9.94. The molecular formula is C27H44. The molecule has 0 aliphatic heterocycles. The molecular weight excluding hydrogens is 324 g/mol. The highest BCUT2D eigenvalue weighted by Crippen LogP contribution is 2.33. The summed E-state index contributed by atoms with van der Waals surface area (Å²) < 4.78 is 0. The van der Waals surface area contributed by atoms with E-state index in [9.17, 15) is 0 Å². The molecule has 2 rings (SSSR count). The minimum absolute atomic E-state index is 1.11. The Bertz CT molecular complexity index is 500. The van der Waals surface area contributed by atoms with E-state index in [-0.39, 0.29) is 0 Å². The molecule has 0 heteroatoms. The maximum absolute atomic E-state index is 2.40. The molecule has 27 heavy (non-hydrogen) atoms. The van der Waals surface area contributed by atoms with Gasteiger partial charge in [0.15, 0.2) is 0 Å². The van der Waals surface area contributed by atoms with E-state index >= 15 is 0 Å². The number of hydrogen-bond donors (Lipinski definition) is 0. The average molecular weight is 369 g/mol. The fourth-order valence-electron chi connectivity index (χ4n) is 4.41. The van der Waals surface area contributed by atoms with Gasteiger partial charge in [0.05, 0.1) is 0 Å². The van der Waals surface area contributed by atoms with Crippen molar-refractivity contribution in [3.63, 3.8) is 0 Å². The van der Waals surface area contributed by atoms with E-state index in [0.717, 1.165) is 6.42 Å². The molecule has 0 spiro atoms. The minimum atomic E-state index is 1.11. The van der Waals surface area contributed by atoms with Crippen LogP contribution < -0.4 is 0 Å². The first-order valence-corrected chi connectivity index (χ1v) is 12.2. The number of hydrogen-bond acceptors (Lipinski definition) is 0. The highest BCUT2D eigenvalue weighted by atomic mass is 14.2.